The first-order valence-corrected chi connectivity index (χ1v) is 4.74. The summed E-state index contributed by atoms with van der Waals surface area (Å²) in [5.74, 6) is 0. The van der Waals surface area contributed by atoms with Gasteiger partial charge in [0.15, 0.2) is 6.29 Å². The van der Waals surface area contributed by atoms with E-state index in [4.69, 9.17) is 11.6 Å². The lowest BCUT2D eigenvalue weighted by Crippen LogP contribution is -1.84. The van der Waals surface area contributed by atoms with Crippen LogP contribution in [0.25, 0.3) is 10.8 Å². The van der Waals surface area contributed by atoms with Crippen LogP contribution in [-0.2, 0) is 0 Å². The first kappa shape index (κ1) is 9.22. The van der Waals surface area contributed by atoms with Gasteiger partial charge in [-0.15, -0.1) is 0 Å². The Morgan fingerprint density at radius 2 is 2.07 bits per heavy atom. The van der Waals surface area contributed by atoms with Crippen LogP contribution in [0, 0.1) is 6.92 Å². The minimum atomic E-state index is 0.516. The van der Waals surface area contributed by atoms with Gasteiger partial charge in [-0.2, -0.15) is 0 Å². The van der Waals surface area contributed by atoms with Gasteiger partial charge in [-0.1, -0.05) is 29.8 Å². The third-order valence-corrected chi connectivity index (χ3v) is 2.67. The molecule has 0 atom stereocenters. The molecular weight excluding hydrogens is 196 g/mol. The zero-order chi connectivity index (χ0) is 10.1. The van der Waals surface area contributed by atoms with Crippen LogP contribution in [-0.4, -0.2) is 6.29 Å². The van der Waals surface area contributed by atoms with E-state index in [9.17, 15) is 4.79 Å². The Bertz CT molecular complexity index is 503. The Hall–Kier alpha value is -1.34. The highest BCUT2D eigenvalue weighted by Gasteiger charge is 2.03. The van der Waals surface area contributed by atoms with Crippen molar-refractivity contribution in [2.45, 2.75) is 6.92 Å². The van der Waals surface area contributed by atoms with E-state index in [1.165, 1.54) is 5.56 Å². The highest BCUT2D eigenvalue weighted by molar-refractivity contribution is 6.33. The lowest BCUT2D eigenvalue weighted by atomic mass is 10.0. The van der Waals surface area contributed by atoms with Crippen molar-refractivity contribution in [1.82, 2.24) is 0 Å². The average Bonchev–Trinajstić information content (AvgIpc) is 2.19. The highest BCUT2D eigenvalue weighted by Crippen LogP contribution is 2.25. The van der Waals surface area contributed by atoms with Crippen molar-refractivity contribution >= 4 is 28.7 Å². The predicted molar refractivity (Wildman–Crippen MR) is 59.1 cm³/mol. The highest BCUT2D eigenvalue weighted by atomic mass is 35.5. The van der Waals surface area contributed by atoms with Crippen molar-refractivity contribution in [1.29, 1.82) is 0 Å². The van der Waals surface area contributed by atoms with Gasteiger partial charge in [0, 0.05) is 5.56 Å². The number of rotatable bonds is 1. The molecule has 0 unspecified atom stereocenters. The number of aldehydes is 1. The fraction of sp³-hybridized carbons (Fsp3) is 0.0833. The van der Waals surface area contributed by atoms with Gasteiger partial charge in [0.1, 0.15) is 0 Å². The number of fused-ring (bicyclic) bond motifs is 1. The van der Waals surface area contributed by atoms with Gasteiger partial charge in [0.05, 0.1) is 5.02 Å². The summed E-state index contributed by atoms with van der Waals surface area (Å²) in [4.78, 5) is 10.7. The van der Waals surface area contributed by atoms with E-state index in [2.05, 4.69) is 0 Å². The molecule has 0 amide bonds. The van der Waals surface area contributed by atoms with Gasteiger partial charge >= 0.3 is 0 Å². The van der Waals surface area contributed by atoms with Gasteiger partial charge in [-0.3, -0.25) is 4.79 Å². The molecule has 0 aromatic heterocycles. The molecule has 14 heavy (non-hydrogen) atoms. The number of hydrogen-bond donors (Lipinski definition) is 0. The van der Waals surface area contributed by atoms with Crippen molar-refractivity contribution in [2.24, 2.45) is 0 Å². The number of hydrogen-bond acceptors (Lipinski definition) is 1. The number of carbonyl (C=O) groups is 1. The SMILES string of the molecule is Cc1cccc2cc(C=O)c(Cl)cc12. The normalized spacial score (nSPS) is 10.4. The van der Waals surface area contributed by atoms with Gasteiger partial charge in [0.25, 0.3) is 0 Å². The summed E-state index contributed by atoms with van der Waals surface area (Å²) in [5.41, 5.74) is 1.71. The van der Waals surface area contributed by atoms with Crippen LogP contribution in [0.5, 0.6) is 0 Å². The molecular formula is C12H9ClO. The second-order valence-corrected chi connectivity index (χ2v) is 3.69. The first-order chi connectivity index (χ1) is 6.72. The van der Waals surface area contributed by atoms with Crippen molar-refractivity contribution in [3.05, 3.63) is 46.5 Å². The molecule has 0 bridgehead atoms. The van der Waals surface area contributed by atoms with Crippen LogP contribution in [0.3, 0.4) is 0 Å². The van der Waals surface area contributed by atoms with Crippen molar-refractivity contribution in [2.75, 3.05) is 0 Å². The second-order valence-electron chi connectivity index (χ2n) is 3.29. The molecule has 2 aromatic rings. The number of halogens is 1. The lowest BCUT2D eigenvalue weighted by Gasteiger charge is -2.03. The smallest absolute Gasteiger partial charge is 0.151 e. The Labute approximate surface area is 87.3 Å². The Morgan fingerprint density at radius 3 is 2.79 bits per heavy atom. The average molecular weight is 205 g/mol. The summed E-state index contributed by atoms with van der Waals surface area (Å²) < 4.78 is 0. The number of aryl methyl sites for hydroxylation is 1. The molecule has 2 aromatic carbocycles. The van der Waals surface area contributed by atoms with E-state index in [1.807, 2.05) is 37.3 Å². The first-order valence-electron chi connectivity index (χ1n) is 4.36. The van der Waals surface area contributed by atoms with E-state index in [0.717, 1.165) is 17.1 Å². The summed E-state index contributed by atoms with van der Waals surface area (Å²) in [5, 5.41) is 2.67. The molecule has 0 aliphatic rings. The second kappa shape index (κ2) is 3.43. The van der Waals surface area contributed by atoms with Crippen molar-refractivity contribution in [3.63, 3.8) is 0 Å². The van der Waals surface area contributed by atoms with Gasteiger partial charge in [0.2, 0.25) is 0 Å². The molecule has 0 aliphatic carbocycles. The van der Waals surface area contributed by atoms with Crippen LogP contribution < -0.4 is 0 Å². The molecule has 70 valence electrons. The standard InChI is InChI=1S/C12H9ClO/c1-8-3-2-4-9-5-10(7-14)12(13)6-11(8)9/h2-7H,1H3. The van der Waals surface area contributed by atoms with Crippen LogP contribution in [0.15, 0.2) is 30.3 Å². The quantitative estimate of drug-likeness (QED) is 0.649. The fourth-order valence-electron chi connectivity index (χ4n) is 1.56. The number of carbonyl (C=O) groups excluding carboxylic acids is 1. The molecule has 0 spiro atoms. The molecule has 0 saturated heterocycles. The zero-order valence-corrected chi connectivity index (χ0v) is 8.51. The Kier molecular flexibility index (Phi) is 2.26. The van der Waals surface area contributed by atoms with Gasteiger partial charge < -0.3 is 0 Å². The van der Waals surface area contributed by atoms with Gasteiger partial charge in [-0.05, 0) is 35.4 Å². The Morgan fingerprint density at radius 1 is 1.29 bits per heavy atom. The largest absolute Gasteiger partial charge is 0.298 e. The lowest BCUT2D eigenvalue weighted by molar-refractivity contribution is 0.112. The van der Waals surface area contributed by atoms with E-state index < -0.39 is 0 Å². The molecule has 0 heterocycles. The van der Waals surface area contributed by atoms with Crippen LogP contribution >= 0.6 is 11.6 Å². The summed E-state index contributed by atoms with van der Waals surface area (Å²) in [6, 6.07) is 9.64. The van der Waals surface area contributed by atoms with E-state index >= 15 is 0 Å². The zero-order valence-electron chi connectivity index (χ0n) is 7.75. The minimum absolute atomic E-state index is 0.516. The van der Waals surface area contributed by atoms with Crippen molar-refractivity contribution in [3.8, 4) is 0 Å². The topological polar surface area (TPSA) is 17.1 Å². The third-order valence-electron chi connectivity index (χ3n) is 2.34. The maximum absolute atomic E-state index is 10.7. The predicted octanol–water partition coefficient (Wildman–Crippen LogP) is 3.61. The van der Waals surface area contributed by atoms with Crippen LogP contribution in [0.2, 0.25) is 5.02 Å². The molecule has 0 saturated carbocycles. The molecule has 1 nitrogen and oxygen atoms in total. The monoisotopic (exact) mass is 204 g/mol. The van der Waals surface area contributed by atoms with Crippen LogP contribution in [0.1, 0.15) is 15.9 Å². The molecule has 0 aliphatic heterocycles. The fourth-order valence-corrected chi connectivity index (χ4v) is 1.77. The Balaban J connectivity index is 2.85. The summed E-state index contributed by atoms with van der Waals surface area (Å²) >= 11 is 5.94. The maximum Gasteiger partial charge on any atom is 0.151 e. The third kappa shape index (κ3) is 1.40. The summed E-state index contributed by atoms with van der Waals surface area (Å²) in [6.45, 7) is 2.03. The van der Waals surface area contributed by atoms with E-state index in [0.29, 0.717) is 10.6 Å². The van der Waals surface area contributed by atoms with Gasteiger partial charge in [-0.25, -0.2) is 0 Å². The molecule has 0 radical (unpaired) electrons. The molecule has 2 heteroatoms. The van der Waals surface area contributed by atoms with E-state index in [-0.39, 0.29) is 0 Å². The number of benzene rings is 2. The molecule has 0 N–H and O–H groups in total. The minimum Gasteiger partial charge on any atom is -0.298 e. The molecule has 0 fully saturated rings. The maximum atomic E-state index is 10.7. The van der Waals surface area contributed by atoms with E-state index in [1.54, 1.807) is 0 Å². The van der Waals surface area contributed by atoms with Crippen LogP contribution in [0.4, 0.5) is 0 Å². The summed E-state index contributed by atoms with van der Waals surface area (Å²) in [7, 11) is 0. The molecule has 2 rings (SSSR count). The van der Waals surface area contributed by atoms with Crippen molar-refractivity contribution < 1.29 is 4.79 Å². The summed E-state index contributed by atoms with van der Waals surface area (Å²) in [6.07, 6.45) is 0.782.